The normalized spacial score (nSPS) is 13.0. The highest BCUT2D eigenvalue weighted by molar-refractivity contribution is 6.88. The Labute approximate surface area is 130 Å². The second-order valence-corrected chi connectivity index (χ2v) is 11.8. The molecule has 4 heteroatoms. The Balaban J connectivity index is 2.28. The van der Waals surface area contributed by atoms with Gasteiger partial charge in [-0.05, 0) is 18.9 Å². The highest BCUT2D eigenvalue weighted by atomic mass is 28.3. The monoisotopic (exact) mass is 306 g/mol. The second kappa shape index (κ2) is 8.34. The molecule has 1 unspecified atom stereocenters. The van der Waals surface area contributed by atoms with Crippen molar-refractivity contribution < 1.29 is 4.79 Å². The fourth-order valence-corrected chi connectivity index (χ4v) is 3.17. The molecule has 0 spiro atoms. The predicted molar refractivity (Wildman–Crippen MR) is 93.6 cm³/mol. The molecule has 0 aromatic heterocycles. The Kier molecular flexibility index (Phi) is 7.12. The first kappa shape index (κ1) is 17.9. The van der Waals surface area contributed by atoms with Crippen LogP contribution in [0.3, 0.4) is 0 Å². The van der Waals surface area contributed by atoms with E-state index in [0.717, 1.165) is 19.5 Å². The molecule has 1 aromatic carbocycles. The van der Waals surface area contributed by atoms with Crippen molar-refractivity contribution in [2.24, 2.45) is 0 Å². The Morgan fingerprint density at radius 2 is 1.81 bits per heavy atom. The van der Waals surface area contributed by atoms with Crippen LogP contribution in [0.4, 0.5) is 0 Å². The van der Waals surface area contributed by atoms with Gasteiger partial charge in [-0.3, -0.25) is 4.79 Å². The molecule has 1 aromatic rings. The SMILES string of the molecule is CCC(C)NC(=O)CCNCc1ccc([Si](C)(C)C)cc1. The molecule has 0 heterocycles. The molecule has 118 valence electrons. The lowest BCUT2D eigenvalue weighted by Crippen LogP contribution is -2.37. The summed E-state index contributed by atoms with van der Waals surface area (Å²) >= 11 is 0. The highest BCUT2D eigenvalue weighted by Crippen LogP contribution is 2.04. The first-order valence-electron chi connectivity index (χ1n) is 7.92. The van der Waals surface area contributed by atoms with Gasteiger partial charge in [0.05, 0.1) is 8.07 Å². The van der Waals surface area contributed by atoms with E-state index in [-0.39, 0.29) is 11.9 Å². The minimum atomic E-state index is -1.20. The van der Waals surface area contributed by atoms with Gasteiger partial charge in [0.1, 0.15) is 0 Å². The van der Waals surface area contributed by atoms with Crippen LogP contribution < -0.4 is 15.8 Å². The lowest BCUT2D eigenvalue weighted by molar-refractivity contribution is -0.121. The summed E-state index contributed by atoms with van der Waals surface area (Å²) in [6.45, 7) is 12.7. The Morgan fingerprint density at radius 3 is 2.33 bits per heavy atom. The number of rotatable bonds is 8. The fourth-order valence-electron chi connectivity index (χ4n) is 2.01. The van der Waals surface area contributed by atoms with Gasteiger partial charge in [-0.15, -0.1) is 0 Å². The number of carbonyl (C=O) groups excluding carboxylic acids is 1. The molecule has 1 amide bonds. The number of hydrogen-bond acceptors (Lipinski definition) is 2. The average Bonchev–Trinajstić information content (AvgIpc) is 2.43. The Morgan fingerprint density at radius 1 is 1.19 bits per heavy atom. The van der Waals surface area contributed by atoms with Crippen LogP contribution in [0.5, 0.6) is 0 Å². The third-order valence-corrected chi connectivity index (χ3v) is 5.76. The average molecular weight is 307 g/mol. The molecule has 0 aliphatic heterocycles. The van der Waals surface area contributed by atoms with E-state index in [1.54, 1.807) is 0 Å². The van der Waals surface area contributed by atoms with Gasteiger partial charge in [0.2, 0.25) is 5.91 Å². The van der Waals surface area contributed by atoms with E-state index in [0.29, 0.717) is 6.42 Å². The van der Waals surface area contributed by atoms with Crippen LogP contribution in [-0.2, 0) is 11.3 Å². The van der Waals surface area contributed by atoms with E-state index >= 15 is 0 Å². The molecule has 0 bridgehead atoms. The van der Waals surface area contributed by atoms with Gasteiger partial charge in [0.15, 0.2) is 0 Å². The predicted octanol–water partition coefficient (Wildman–Crippen LogP) is 2.63. The first-order chi connectivity index (χ1) is 9.82. The number of benzene rings is 1. The van der Waals surface area contributed by atoms with Crippen LogP contribution in [0.15, 0.2) is 24.3 Å². The summed E-state index contributed by atoms with van der Waals surface area (Å²) in [6.07, 6.45) is 1.51. The van der Waals surface area contributed by atoms with Crippen LogP contribution in [0.1, 0.15) is 32.3 Å². The summed E-state index contributed by atoms with van der Waals surface area (Å²) in [5.74, 6) is 0.130. The summed E-state index contributed by atoms with van der Waals surface area (Å²) in [5.41, 5.74) is 1.28. The van der Waals surface area contributed by atoms with Crippen LogP contribution in [0.25, 0.3) is 0 Å². The van der Waals surface area contributed by atoms with Crippen molar-refractivity contribution in [2.45, 2.75) is 58.9 Å². The molecule has 21 heavy (non-hydrogen) atoms. The van der Waals surface area contributed by atoms with Crippen molar-refractivity contribution >= 4 is 19.2 Å². The zero-order valence-electron chi connectivity index (χ0n) is 14.1. The van der Waals surface area contributed by atoms with E-state index in [4.69, 9.17) is 0 Å². The zero-order chi connectivity index (χ0) is 15.9. The molecule has 1 rings (SSSR count). The van der Waals surface area contributed by atoms with Crippen LogP contribution in [0, 0.1) is 0 Å². The summed E-state index contributed by atoms with van der Waals surface area (Å²) in [4.78, 5) is 11.6. The standard InChI is InChI=1S/C17H30N2OSi/c1-6-14(2)19-17(20)11-12-18-13-15-7-9-16(10-8-15)21(3,4)5/h7-10,14,18H,6,11-13H2,1-5H3,(H,19,20). The minimum Gasteiger partial charge on any atom is -0.354 e. The van der Waals surface area contributed by atoms with E-state index < -0.39 is 8.07 Å². The van der Waals surface area contributed by atoms with Crippen molar-refractivity contribution in [1.29, 1.82) is 0 Å². The maximum Gasteiger partial charge on any atom is 0.221 e. The first-order valence-corrected chi connectivity index (χ1v) is 11.4. The van der Waals surface area contributed by atoms with Crippen molar-refractivity contribution in [3.05, 3.63) is 29.8 Å². The lowest BCUT2D eigenvalue weighted by Gasteiger charge is -2.17. The Hall–Kier alpha value is -1.13. The van der Waals surface area contributed by atoms with Gasteiger partial charge < -0.3 is 10.6 Å². The smallest absolute Gasteiger partial charge is 0.221 e. The molecule has 0 fully saturated rings. The van der Waals surface area contributed by atoms with Gasteiger partial charge in [-0.25, -0.2) is 0 Å². The number of nitrogens with one attached hydrogen (secondary N) is 2. The summed E-state index contributed by atoms with van der Waals surface area (Å²) in [6, 6.07) is 9.16. The van der Waals surface area contributed by atoms with Crippen LogP contribution in [0.2, 0.25) is 19.6 Å². The topological polar surface area (TPSA) is 41.1 Å². The van der Waals surface area contributed by atoms with Crippen molar-refractivity contribution in [2.75, 3.05) is 6.54 Å². The van der Waals surface area contributed by atoms with Crippen molar-refractivity contribution in [3.63, 3.8) is 0 Å². The highest BCUT2D eigenvalue weighted by Gasteiger charge is 2.15. The van der Waals surface area contributed by atoms with Crippen LogP contribution >= 0.6 is 0 Å². The Bertz CT molecular complexity index is 437. The summed E-state index contributed by atoms with van der Waals surface area (Å²) in [7, 11) is -1.20. The third-order valence-electron chi connectivity index (χ3n) is 3.70. The van der Waals surface area contributed by atoms with Gasteiger partial charge in [0.25, 0.3) is 0 Å². The summed E-state index contributed by atoms with van der Waals surface area (Å²) in [5, 5.41) is 7.80. The minimum absolute atomic E-state index is 0.130. The molecule has 0 aliphatic rings. The van der Waals surface area contributed by atoms with E-state index in [2.05, 4.69) is 61.5 Å². The molecular weight excluding hydrogens is 276 g/mol. The van der Waals surface area contributed by atoms with Crippen molar-refractivity contribution in [1.82, 2.24) is 10.6 Å². The molecule has 3 nitrogen and oxygen atoms in total. The van der Waals surface area contributed by atoms with Crippen LogP contribution in [-0.4, -0.2) is 26.6 Å². The van der Waals surface area contributed by atoms with Gasteiger partial charge in [0, 0.05) is 25.6 Å². The molecule has 0 saturated carbocycles. The lowest BCUT2D eigenvalue weighted by atomic mass is 10.2. The van der Waals surface area contributed by atoms with E-state index in [9.17, 15) is 4.79 Å². The fraction of sp³-hybridized carbons (Fsp3) is 0.588. The molecule has 0 radical (unpaired) electrons. The quantitative estimate of drug-likeness (QED) is 0.572. The second-order valence-electron chi connectivity index (χ2n) is 6.75. The van der Waals surface area contributed by atoms with Gasteiger partial charge in [-0.2, -0.15) is 0 Å². The number of carbonyl (C=O) groups is 1. The van der Waals surface area contributed by atoms with Gasteiger partial charge in [-0.1, -0.05) is 56.0 Å². The number of hydrogen-bond donors (Lipinski definition) is 2. The largest absolute Gasteiger partial charge is 0.354 e. The zero-order valence-corrected chi connectivity index (χ0v) is 15.1. The molecule has 1 atom stereocenters. The van der Waals surface area contributed by atoms with Gasteiger partial charge >= 0.3 is 0 Å². The molecule has 0 aliphatic carbocycles. The maximum absolute atomic E-state index is 11.6. The maximum atomic E-state index is 11.6. The summed E-state index contributed by atoms with van der Waals surface area (Å²) < 4.78 is 0. The van der Waals surface area contributed by atoms with E-state index in [1.165, 1.54) is 10.8 Å². The molecule has 0 saturated heterocycles. The van der Waals surface area contributed by atoms with Crippen molar-refractivity contribution in [3.8, 4) is 0 Å². The number of amides is 1. The molecular formula is C17H30N2OSi. The van der Waals surface area contributed by atoms with E-state index in [1.807, 2.05) is 6.92 Å². The molecule has 2 N–H and O–H groups in total. The third kappa shape index (κ3) is 6.91.